The largest absolute Gasteiger partial charge is 0.493 e. The number of hydrogen-bond acceptors (Lipinski definition) is 5. The molecule has 2 aromatic rings. The molecule has 0 saturated heterocycles. The molecule has 1 heterocycles. The topological polar surface area (TPSA) is 128 Å². The molecular weight excluding hydrogens is 394 g/mol. The summed E-state index contributed by atoms with van der Waals surface area (Å²) in [7, 11) is -3.99. The summed E-state index contributed by atoms with van der Waals surface area (Å²) >= 11 is 0. The van der Waals surface area contributed by atoms with Crippen molar-refractivity contribution in [2.24, 2.45) is 5.73 Å². The number of rotatable bonds is 7. The first kappa shape index (κ1) is 20.7. The quantitative estimate of drug-likeness (QED) is 0.638. The molecule has 2 aromatic carbocycles. The maximum Gasteiger partial charge on any atom is 0.261 e. The Kier molecular flexibility index (Phi) is 5.27. The van der Waals surface area contributed by atoms with Gasteiger partial charge in [0.15, 0.2) is 0 Å². The van der Waals surface area contributed by atoms with E-state index in [-0.39, 0.29) is 22.1 Å². The number of nitrogens with one attached hydrogen (secondary N) is 2. The maximum atomic E-state index is 12.8. The molecule has 3 rings (SSSR count). The van der Waals surface area contributed by atoms with E-state index in [9.17, 15) is 18.0 Å². The number of carbonyl (C=O) groups is 2. The second-order valence-corrected chi connectivity index (χ2v) is 9.00. The molecule has 0 spiro atoms. The van der Waals surface area contributed by atoms with Gasteiger partial charge in [-0.25, -0.2) is 8.42 Å². The number of anilines is 2. The third-order valence-corrected chi connectivity index (χ3v) is 6.13. The van der Waals surface area contributed by atoms with Crippen LogP contribution in [0.15, 0.2) is 41.3 Å². The Balaban J connectivity index is 1.93. The standard InChI is InChI=1S/C20H23N3O5S/c1-4-9-28-17-8-6-13(11-14(17)18(21)24)29(26,27)23-12-5-7-16-15(10-12)20(2,3)19(25)22-16/h5-8,10-11,23H,4,9H2,1-3H3,(H2,21,24)(H,22,25). The average molecular weight is 417 g/mol. The first-order chi connectivity index (χ1) is 13.6. The van der Waals surface area contributed by atoms with Gasteiger partial charge in [-0.2, -0.15) is 0 Å². The van der Waals surface area contributed by atoms with Gasteiger partial charge in [0.2, 0.25) is 5.91 Å². The van der Waals surface area contributed by atoms with Crippen LogP contribution in [0.5, 0.6) is 5.75 Å². The monoisotopic (exact) mass is 417 g/mol. The van der Waals surface area contributed by atoms with E-state index in [4.69, 9.17) is 10.5 Å². The highest BCUT2D eigenvalue weighted by molar-refractivity contribution is 7.92. The average Bonchev–Trinajstić information content (AvgIpc) is 2.88. The number of fused-ring (bicyclic) bond motifs is 1. The highest BCUT2D eigenvalue weighted by Gasteiger charge is 2.38. The molecule has 0 aromatic heterocycles. The first-order valence-corrected chi connectivity index (χ1v) is 10.6. The first-order valence-electron chi connectivity index (χ1n) is 9.11. The molecule has 0 fully saturated rings. The van der Waals surface area contributed by atoms with Crippen molar-refractivity contribution in [3.05, 3.63) is 47.5 Å². The minimum atomic E-state index is -3.99. The number of hydrogen-bond donors (Lipinski definition) is 3. The van der Waals surface area contributed by atoms with E-state index in [2.05, 4.69) is 10.0 Å². The molecule has 0 unspecified atom stereocenters. The lowest BCUT2D eigenvalue weighted by Crippen LogP contribution is -2.27. The minimum Gasteiger partial charge on any atom is -0.493 e. The van der Waals surface area contributed by atoms with Crippen molar-refractivity contribution in [2.75, 3.05) is 16.6 Å². The van der Waals surface area contributed by atoms with Crippen LogP contribution in [0.4, 0.5) is 11.4 Å². The fraction of sp³-hybridized carbons (Fsp3) is 0.300. The molecule has 29 heavy (non-hydrogen) atoms. The van der Waals surface area contributed by atoms with Crippen molar-refractivity contribution >= 4 is 33.2 Å². The molecule has 0 radical (unpaired) electrons. The number of nitrogens with two attached hydrogens (primary N) is 1. The lowest BCUT2D eigenvalue weighted by Gasteiger charge is -2.16. The van der Waals surface area contributed by atoms with Crippen LogP contribution in [-0.4, -0.2) is 26.8 Å². The van der Waals surface area contributed by atoms with E-state index in [1.54, 1.807) is 32.0 Å². The lowest BCUT2D eigenvalue weighted by atomic mass is 9.86. The van der Waals surface area contributed by atoms with Crippen molar-refractivity contribution < 1.29 is 22.7 Å². The normalized spacial score (nSPS) is 14.8. The zero-order valence-corrected chi connectivity index (χ0v) is 17.2. The van der Waals surface area contributed by atoms with Crippen LogP contribution in [-0.2, 0) is 20.2 Å². The molecule has 0 aliphatic carbocycles. The third kappa shape index (κ3) is 3.91. The van der Waals surface area contributed by atoms with Crippen LogP contribution < -0.4 is 20.5 Å². The number of amides is 2. The Bertz CT molecular complexity index is 1090. The summed E-state index contributed by atoms with van der Waals surface area (Å²) in [4.78, 5) is 23.7. The maximum absolute atomic E-state index is 12.8. The minimum absolute atomic E-state index is 0.00814. The fourth-order valence-electron chi connectivity index (χ4n) is 3.06. The third-order valence-electron chi connectivity index (χ3n) is 4.75. The van der Waals surface area contributed by atoms with Crippen LogP contribution in [0, 0.1) is 0 Å². The van der Waals surface area contributed by atoms with Crippen molar-refractivity contribution in [3.8, 4) is 5.75 Å². The Morgan fingerprint density at radius 2 is 1.93 bits per heavy atom. The van der Waals surface area contributed by atoms with Gasteiger partial charge in [0.05, 0.1) is 22.5 Å². The van der Waals surface area contributed by atoms with Crippen molar-refractivity contribution in [2.45, 2.75) is 37.5 Å². The number of sulfonamides is 1. The van der Waals surface area contributed by atoms with Gasteiger partial charge in [0.25, 0.3) is 15.9 Å². The molecular formula is C20H23N3O5S. The van der Waals surface area contributed by atoms with Crippen LogP contribution >= 0.6 is 0 Å². The highest BCUT2D eigenvalue weighted by atomic mass is 32.2. The number of primary amides is 1. The van der Waals surface area contributed by atoms with Crippen molar-refractivity contribution in [1.29, 1.82) is 0 Å². The van der Waals surface area contributed by atoms with Crippen molar-refractivity contribution in [3.63, 3.8) is 0 Å². The summed E-state index contributed by atoms with van der Waals surface area (Å²) in [5, 5.41) is 2.77. The second-order valence-electron chi connectivity index (χ2n) is 7.32. The second kappa shape index (κ2) is 7.40. The molecule has 154 valence electrons. The molecule has 1 aliphatic heterocycles. The highest BCUT2D eigenvalue weighted by Crippen LogP contribution is 2.39. The van der Waals surface area contributed by atoms with E-state index in [0.29, 0.717) is 23.5 Å². The van der Waals surface area contributed by atoms with E-state index in [0.717, 1.165) is 6.42 Å². The fourth-order valence-corrected chi connectivity index (χ4v) is 4.13. The summed E-state index contributed by atoms with van der Waals surface area (Å²) in [5.41, 5.74) is 6.26. The summed E-state index contributed by atoms with van der Waals surface area (Å²) in [6.07, 6.45) is 0.728. The van der Waals surface area contributed by atoms with Gasteiger partial charge >= 0.3 is 0 Å². The molecule has 9 heteroatoms. The van der Waals surface area contributed by atoms with Crippen LogP contribution in [0.3, 0.4) is 0 Å². The number of ether oxygens (including phenoxy) is 1. The Hall–Kier alpha value is -3.07. The number of carbonyl (C=O) groups excluding carboxylic acids is 2. The lowest BCUT2D eigenvalue weighted by molar-refractivity contribution is -0.119. The van der Waals surface area contributed by atoms with Crippen LogP contribution in [0.25, 0.3) is 0 Å². The van der Waals surface area contributed by atoms with Gasteiger partial charge in [-0.15, -0.1) is 0 Å². The summed E-state index contributed by atoms with van der Waals surface area (Å²) in [5.74, 6) is -0.694. The Morgan fingerprint density at radius 1 is 1.21 bits per heavy atom. The summed E-state index contributed by atoms with van der Waals surface area (Å²) in [6, 6.07) is 8.79. The van der Waals surface area contributed by atoms with Crippen LogP contribution in [0.1, 0.15) is 43.1 Å². The Labute approximate surface area is 169 Å². The van der Waals surface area contributed by atoms with Gasteiger partial charge in [0, 0.05) is 11.4 Å². The van der Waals surface area contributed by atoms with E-state index in [1.165, 1.54) is 18.2 Å². The molecule has 1 aliphatic rings. The molecule has 2 amide bonds. The summed E-state index contributed by atoms with van der Waals surface area (Å²) < 4.78 is 33.6. The molecule has 0 atom stereocenters. The smallest absolute Gasteiger partial charge is 0.261 e. The van der Waals surface area contributed by atoms with E-state index in [1.807, 2.05) is 6.92 Å². The van der Waals surface area contributed by atoms with E-state index < -0.39 is 21.3 Å². The summed E-state index contributed by atoms with van der Waals surface area (Å²) in [6.45, 7) is 5.82. The zero-order chi connectivity index (χ0) is 21.4. The van der Waals surface area contributed by atoms with Crippen LogP contribution in [0.2, 0.25) is 0 Å². The van der Waals surface area contributed by atoms with Gasteiger partial charge in [-0.3, -0.25) is 14.3 Å². The zero-order valence-electron chi connectivity index (χ0n) is 16.4. The van der Waals surface area contributed by atoms with Gasteiger partial charge in [0.1, 0.15) is 5.75 Å². The molecule has 0 bridgehead atoms. The SMILES string of the molecule is CCCOc1ccc(S(=O)(=O)Nc2ccc3c(c2)C(C)(C)C(=O)N3)cc1C(N)=O. The van der Waals surface area contributed by atoms with E-state index >= 15 is 0 Å². The molecule has 0 saturated carbocycles. The van der Waals surface area contributed by atoms with Crippen molar-refractivity contribution in [1.82, 2.24) is 0 Å². The Morgan fingerprint density at radius 3 is 2.59 bits per heavy atom. The van der Waals surface area contributed by atoms with Gasteiger partial charge < -0.3 is 15.8 Å². The molecule has 8 nitrogen and oxygen atoms in total. The predicted molar refractivity (Wildman–Crippen MR) is 110 cm³/mol. The van der Waals surface area contributed by atoms with Gasteiger partial charge in [-0.1, -0.05) is 6.92 Å². The number of benzene rings is 2. The predicted octanol–water partition coefficient (Wildman–Crippen LogP) is 2.60. The molecule has 4 N–H and O–H groups in total. The van der Waals surface area contributed by atoms with Gasteiger partial charge in [-0.05, 0) is 62.2 Å².